The van der Waals surface area contributed by atoms with E-state index in [9.17, 15) is 4.21 Å². The maximum atomic E-state index is 12.5. The predicted octanol–water partition coefficient (Wildman–Crippen LogP) is 3.72. The van der Waals surface area contributed by atoms with E-state index in [1.54, 1.807) is 12.1 Å². The Bertz CT molecular complexity index is 684. The third-order valence-electron chi connectivity index (χ3n) is 3.73. The van der Waals surface area contributed by atoms with E-state index in [-0.39, 0.29) is 0 Å². The largest absolute Gasteiger partial charge is 0.398 e. The molecule has 4 heteroatoms. The monoisotopic (exact) mass is 305 g/mol. The molecule has 1 unspecified atom stereocenters. The van der Waals surface area contributed by atoms with Crippen molar-refractivity contribution < 1.29 is 4.21 Å². The van der Waals surface area contributed by atoms with E-state index in [2.05, 4.69) is 12.1 Å². The molecule has 0 saturated heterocycles. The predicted molar refractivity (Wildman–Crippen MR) is 84.4 cm³/mol. The van der Waals surface area contributed by atoms with Crippen LogP contribution in [0.1, 0.15) is 23.1 Å². The van der Waals surface area contributed by atoms with Crippen molar-refractivity contribution in [3.05, 3.63) is 58.1 Å². The van der Waals surface area contributed by atoms with Crippen molar-refractivity contribution in [3.63, 3.8) is 0 Å². The summed E-state index contributed by atoms with van der Waals surface area (Å²) in [5, 5.41) is 0.606. The van der Waals surface area contributed by atoms with Crippen molar-refractivity contribution in [1.82, 2.24) is 0 Å². The standard InChI is InChI=1S/C16H16ClNOS/c17-14-6-4-13(16(18)9-14)10-20(19)15-7-5-11-2-1-3-12(11)8-15/h4-9H,1-3,10,18H2. The quantitative estimate of drug-likeness (QED) is 0.878. The topological polar surface area (TPSA) is 43.1 Å². The minimum absolute atomic E-state index is 0.432. The van der Waals surface area contributed by atoms with Gasteiger partial charge in [0.05, 0.1) is 16.6 Å². The lowest BCUT2D eigenvalue weighted by molar-refractivity contribution is 0.682. The zero-order valence-electron chi connectivity index (χ0n) is 11.1. The van der Waals surface area contributed by atoms with E-state index in [1.165, 1.54) is 17.5 Å². The maximum absolute atomic E-state index is 12.5. The number of aryl methyl sites for hydroxylation is 2. The molecule has 0 spiro atoms. The fraction of sp³-hybridized carbons (Fsp3) is 0.250. The highest BCUT2D eigenvalue weighted by Gasteiger charge is 2.14. The van der Waals surface area contributed by atoms with Crippen LogP contribution in [0.3, 0.4) is 0 Å². The van der Waals surface area contributed by atoms with Crippen LogP contribution in [-0.4, -0.2) is 4.21 Å². The molecule has 0 aliphatic heterocycles. The minimum Gasteiger partial charge on any atom is -0.398 e. The van der Waals surface area contributed by atoms with Gasteiger partial charge in [-0.25, -0.2) is 0 Å². The van der Waals surface area contributed by atoms with Crippen molar-refractivity contribution in [2.75, 3.05) is 5.73 Å². The maximum Gasteiger partial charge on any atom is 0.0575 e. The second-order valence-electron chi connectivity index (χ2n) is 5.12. The fourth-order valence-electron chi connectivity index (χ4n) is 2.61. The summed E-state index contributed by atoms with van der Waals surface area (Å²) in [6.07, 6.45) is 3.45. The van der Waals surface area contributed by atoms with Crippen LogP contribution in [0.25, 0.3) is 0 Å². The van der Waals surface area contributed by atoms with Gasteiger partial charge in [0.2, 0.25) is 0 Å². The van der Waals surface area contributed by atoms with Gasteiger partial charge in [0, 0.05) is 15.6 Å². The van der Waals surface area contributed by atoms with Crippen molar-refractivity contribution in [2.45, 2.75) is 29.9 Å². The summed E-state index contributed by atoms with van der Waals surface area (Å²) >= 11 is 5.88. The Kier molecular flexibility index (Phi) is 3.81. The Morgan fingerprint density at radius 2 is 1.90 bits per heavy atom. The third kappa shape index (κ3) is 2.74. The molecule has 0 bridgehead atoms. The normalized spacial score (nSPS) is 15.1. The molecule has 0 aromatic heterocycles. The van der Waals surface area contributed by atoms with Crippen molar-refractivity contribution >= 4 is 28.1 Å². The van der Waals surface area contributed by atoms with E-state index in [0.29, 0.717) is 16.5 Å². The second kappa shape index (κ2) is 5.58. The number of hydrogen-bond donors (Lipinski definition) is 1. The number of nitrogen functional groups attached to an aromatic ring is 1. The molecule has 1 atom stereocenters. The van der Waals surface area contributed by atoms with Gasteiger partial charge < -0.3 is 5.73 Å². The average Bonchev–Trinajstić information content (AvgIpc) is 2.89. The van der Waals surface area contributed by atoms with E-state index in [4.69, 9.17) is 17.3 Å². The molecule has 1 aliphatic rings. The number of halogens is 1. The molecular formula is C16H16ClNOS. The van der Waals surface area contributed by atoms with E-state index < -0.39 is 10.8 Å². The molecule has 104 valence electrons. The zero-order chi connectivity index (χ0) is 14.1. The Morgan fingerprint density at radius 1 is 1.10 bits per heavy atom. The molecule has 2 nitrogen and oxygen atoms in total. The van der Waals surface area contributed by atoms with Crippen molar-refractivity contribution in [1.29, 1.82) is 0 Å². The minimum atomic E-state index is -1.07. The van der Waals surface area contributed by atoms with Gasteiger partial charge in [-0.05, 0) is 60.2 Å². The van der Waals surface area contributed by atoms with Crippen LogP contribution in [0.4, 0.5) is 5.69 Å². The van der Waals surface area contributed by atoms with Crippen LogP contribution in [0.5, 0.6) is 0 Å². The smallest absolute Gasteiger partial charge is 0.0575 e. The lowest BCUT2D eigenvalue weighted by atomic mass is 10.1. The number of rotatable bonds is 3. The first-order valence-electron chi connectivity index (χ1n) is 6.67. The van der Waals surface area contributed by atoms with E-state index in [1.807, 2.05) is 12.1 Å². The molecule has 2 N–H and O–H groups in total. The lowest BCUT2D eigenvalue weighted by Crippen LogP contribution is -2.01. The molecule has 2 aromatic rings. The first-order chi connectivity index (χ1) is 9.63. The number of fused-ring (bicyclic) bond motifs is 1. The Hall–Kier alpha value is -1.32. The first-order valence-corrected chi connectivity index (χ1v) is 8.37. The Balaban J connectivity index is 1.82. The second-order valence-corrected chi connectivity index (χ2v) is 7.00. The number of nitrogens with two attached hydrogens (primary N) is 1. The molecule has 0 amide bonds. The lowest BCUT2D eigenvalue weighted by Gasteiger charge is -2.08. The number of benzene rings is 2. The van der Waals surface area contributed by atoms with Crippen molar-refractivity contribution in [2.24, 2.45) is 0 Å². The molecule has 0 saturated carbocycles. The molecule has 3 rings (SSSR count). The molecule has 20 heavy (non-hydrogen) atoms. The van der Waals surface area contributed by atoms with Crippen LogP contribution in [0.15, 0.2) is 41.3 Å². The first kappa shape index (κ1) is 13.7. The summed E-state index contributed by atoms with van der Waals surface area (Å²) < 4.78 is 12.5. The summed E-state index contributed by atoms with van der Waals surface area (Å²) in [4.78, 5) is 0.889. The summed E-state index contributed by atoms with van der Waals surface area (Å²) in [6, 6.07) is 11.5. The van der Waals surface area contributed by atoms with Crippen LogP contribution < -0.4 is 5.73 Å². The van der Waals surface area contributed by atoms with Gasteiger partial charge in [-0.1, -0.05) is 23.7 Å². The van der Waals surface area contributed by atoms with E-state index >= 15 is 0 Å². The van der Waals surface area contributed by atoms with Crippen LogP contribution in [0.2, 0.25) is 5.02 Å². The van der Waals surface area contributed by atoms with Crippen LogP contribution in [-0.2, 0) is 29.4 Å². The van der Waals surface area contributed by atoms with Gasteiger partial charge >= 0.3 is 0 Å². The summed E-state index contributed by atoms with van der Waals surface area (Å²) in [5.74, 6) is 0.432. The van der Waals surface area contributed by atoms with Gasteiger partial charge in [-0.15, -0.1) is 0 Å². The van der Waals surface area contributed by atoms with Crippen LogP contribution >= 0.6 is 11.6 Å². The van der Waals surface area contributed by atoms with Gasteiger partial charge in [-0.2, -0.15) is 0 Å². The summed E-state index contributed by atoms with van der Waals surface area (Å²) in [5.41, 5.74) is 10.2. The van der Waals surface area contributed by atoms with Gasteiger partial charge in [0.15, 0.2) is 0 Å². The summed E-state index contributed by atoms with van der Waals surface area (Å²) in [6.45, 7) is 0. The third-order valence-corrected chi connectivity index (χ3v) is 5.32. The number of hydrogen-bond acceptors (Lipinski definition) is 2. The van der Waals surface area contributed by atoms with E-state index in [0.717, 1.165) is 23.3 Å². The van der Waals surface area contributed by atoms with Crippen molar-refractivity contribution in [3.8, 4) is 0 Å². The van der Waals surface area contributed by atoms with Gasteiger partial charge in [0.25, 0.3) is 0 Å². The Labute approximate surface area is 126 Å². The number of anilines is 1. The fourth-order valence-corrected chi connectivity index (χ4v) is 4.00. The van der Waals surface area contributed by atoms with Gasteiger partial charge in [0.1, 0.15) is 0 Å². The molecular weight excluding hydrogens is 290 g/mol. The molecule has 0 fully saturated rings. The molecule has 0 heterocycles. The Morgan fingerprint density at radius 3 is 2.70 bits per heavy atom. The molecule has 0 radical (unpaired) electrons. The highest BCUT2D eigenvalue weighted by Crippen LogP contribution is 2.26. The zero-order valence-corrected chi connectivity index (χ0v) is 12.6. The molecule has 2 aromatic carbocycles. The highest BCUT2D eigenvalue weighted by molar-refractivity contribution is 7.84. The van der Waals surface area contributed by atoms with Crippen LogP contribution in [0, 0.1) is 0 Å². The van der Waals surface area contributed by atoms with Gasteiger partial charge in [-0.3, -0.25) is 4.21 Å². The molecule has 1 aliphatic carbocycles. The average molecular weight is 306 g/mol. The highest BCUT2D eigenvalue weighted by atomic mass is 35.5. The summed E-state index contributed by atoms with van der Waals surface area (Å²) in [7, 11) is -1.07. The SMILES string of the molecule is Nc1cc(Cl)ccc1CS(=O)c1ccc2c(c1)CCC2.